The normalized spacial score (nSPS) is 13.2. The number of aliphatic carboxylic acids is 1. The first-order valence-corrected chi connectivity index (χ1v) is 10.4. The number of carboxylic acids is 1. The fourth-order valence-electron chi connectivity index (χ4n) is 4.43. The van der Waals surface area contributed by atoms with Gasteiger partial charge in [0.05, 0.1) is 0 Å². The van der Waals surface area contributed by atoms with Crippen molar-refractivity contribution in [1.82, 2.24) is 5.32 Å². The summed E-state index contributed by atoms with van der Waals surface area (Å²) >= 11 is 0. The number of nitrogens with one attached hydrogen (secondary N) is 1. The first-order chi connectivity index (χ1) is 15.6. The molecule has 32 heavy (non-hydrogen) atoms. The minimum absolute atomic E-state index is 0.0860. The van der Waals surface area contributed by atoms with Gasteiger partial charge in [-0.2, -0.15) is 0 Å². The smallest absolute Gasteiger partial charge is 0.408 e. The highest BCUT2D eigenvalue weighted by atomic mass is 16.5. The van der Waals surface area contributed by atoms with E-state index in [0.29, 0.717) is 5.56 Å². The number of alkyl carbamates (subject to hydrolysis) is 1. The fraction of sp³-hybridized carbons (Fsp3) is 0.111. The summed E-state index contributed by atoms with van der Waals surface area (Å²) < 4.78 is 5.52. The lowest BCUT2D eigenvalue weighted by molar-refractivity contribution is -0.139. The number of carboxylic acid groups (broad SMARTS) is 1. The monoisotopic (exact) mass is 423 g/mol. The van der Waals surface area contributed by atoms with Gasteiger partial charge in [0.2, 0.25) is 0 Å². The Morgan fingerprint density at radius 2 is 1.41 bits per heavy atom. The van der Waals surface area contributed by atoms with Gasteiger partial charge < -0.3 is 15.2 Å². The van der Waals surface area contributed by atoms with E-state index in [-0.39, 0.29) is 12.5 Å². The summed E-state index contributed by atoms with van der Waals surface area (Å²) in [5, 5.41) is 14.1. The lowest BCUT2D eigenvalue weighted by atomic mass is 9.98. The predicted molar refractivity (Wildman–Crippen MR) is 123 cm³/mol. The molecule has 0 heterocycles. The van der Waals surface area contributed by atoms with E-state index in [1.165, 1.54) is 0 Å². The summed E-state index contributed by atoms with van der Waals surface area (Å²) in [6.07, 6.45) is -0.757. The Kier molecular flexibility index (Phi) is 5.07. The minimum Gasteiger partial charge on any atom is -0.479 e. The van der Waals surface area contributed by atoms with Crippen molar-refractivity contribution in [3.63, 3.8) is 0 Å². The molecule has 0 aliphatic heterocycles. The van der Waals surface area contributed by atoms with Gasteiger partial charge in [-0.1, -0.05) is 84.9 Å². The number of hydrogen-bond donors (Lipinski definition) is 2. The van der Waals surface area contributed by atoms with Crippen molar-refractivity contribution < 1.29 is 19.4 Å². The van der Waals surface area contributed by atoms with Crippen molar-refractivity contribution in [3.05, 3.63) is 108 Å². The van der Waals surface area contributed by atoms with Crippen molar-refractivity contribution in [2.45, 2.75) is 12.0 Å². The zero-order valence-electron chi connectivity index (χ0n) is 17.2. The van der Waals surface area contributed by atoms with Crippen LogP contribution in [0.4, 0.5) is 4.79 Å². The molecular weight excluding hydrogens is 402 g/mol. The quantitative estimate of drug-likeness (QED) is 0.444. The second kappa shape index (κ2) is 8.19. The van der Waals surface area contributed by atoms with Crippen LogP contribution in [0.3, 0.4) is 0 Å². The molecule has 0 bridgehead atoms. The van der Waals surface area contributed by atoms with Crippen molar-refractivity contribution in [2.75, 3.05) is 6.61 Å². The fourth-order valence-corrected chi connectivity index (χ4v) is 4.43. The molecule has 5 rings (SSSR count). The van der Waals surface area contributed by atoms with Crippen LogP contribution in [0.1, 0.15) is 28.7 Å². The number of carbonyl (C=O) groups excluding carboxylic acids is 1. The Bertz CT molecular complexity index is 1280. The van der Waals surface area contributed by atoms with E-state index in [0.717, 1.165) is 33.0 Å². The average Bonchev–Trinajstić information content (AvgIpc) is 3.14. The molecule has 1 aliphatic rings. The molecule has 0 unspecified atom stereocenters. The lowest BCUT2D eigenvalue weighted by Gasteiger charge is -2.18. The van der Waals surface area contributed by atoms with Gasteiger partial charge in [-0.05, 0) is 44.7 Å². The predicted octanol–water partition coefficient (Wildman–Crippen LogP) is 5.50. The number of hydrogen-bond acceptors (Lipinski definition) is 3. The second-order valence-electron chi connectivity index (χ2n) is 7.85. The van der Waals surface area contributed by atoms with Crippen LogP contribution in [0, 0.1) is 0 Å². The third-order valence-electron chi connectivity index (χ3n) is 5.96. The third-order valence-corrected chi connectivity index (χ3v) is 5.96. The van der Waals surface area contributed by atoms with Gasteiger partial charge in [0.15, 0.2) is 6.04 Å². The molecule has 0 fully saturated rings. The van der Waals surface area contributed by atoms with Gasteiger partial charge in [0, 0.05) is 5.92 Å². The van der Waals surface area contributed by atoms with Crippen LogP contribution in [0.5, 0.6) is 0 Å². The number of fused-ring (bicyclic) bond motifs is 4. The first kappa shape index (κ1) is 19.8. The molecule has 4 aromatic carbocycles. The zero-order valence-corrected chi connectivity index (χ0v) is 17.2. The van der Waals surface area contributed by atoms with Crippen LogP contribution in [-0.4, -0.2) is 23.8 Å². The molecule has 158 valence electrons. The molecule has 1 amide bonds. The highest BCUT2D eigenvalue weighted by molar-refractivity contribution is 5.87. The second-order valence-corrected chi connectivity index (χ2v) is 7.85. The van der Waals surface area contributed by atoms with Gasteiger partial charge in [0.1, 0.15) is 6.61 Å². The van der Waals surface area contributed by atoms with Crippen LogP contribution >= 0.6 is 0 Å². The summed E-state index contributed by atoms with van der Waals surface area (Å²) in [7, 11) is 0. The standard InChI is InChI=1S/C27H21NO4/c29-26(30)25(19-14-13-17-7-1-2-8-18(17)15-19)28-27(31)32-16-24-22-11-5-3-9-20(22)21-10-4-6-12-23(21)24/h1-15,24-25H,16H2,(H,28,31)(H,29,30)/t25-/m1/s1. The Hall–Kier alpha value is -4.12. The van der Waals surface area contributed by atoms with Gasteiger partial charge in [-0.15, -0.1) is 0 Å². The molecule has 0 spiro atoms. The van der Waals surface area contributed by atoms with Crippen molar-refractivity contribution in [3.8, 4) is 11.1 Å². The molecule has 4 aromatic rings. The Labute approximate surface area is 185 Å². The maximum atomic E-state index is 12.6. The maximum Gasteiger partial charge on any atom is 0.408 e. The van der Waals surface area contributed by atoms with Crippen LogP contribution < -0.4 is 5.32 Å². The van der Waals surface area contributed by atoms with Crippen molar-refractivity contribution >= 4 is 22.8 Å². The van der Waals surface area contributed by atoms with Gasteiger partial charge >= 0.3 is 12.1 Å². The minimum atomic E-state index is -1.20. The third kappa shape index (κ3) is 3.58. The highest BCUT2D eigenvalue weighted by Gasteiger charge is 2.30. The Balaban J connectivity index is 1.33. The zero-order chi connectivity index (χ0) is 22.1. The molecule has 0 saturated heterocycles. The van der Waals surface area contributed by atoms with E-state index in [2.05, 4.69) is 17.4 Å². The molecule has 1 aliphatic carbocycles. The Morgan fingerprint density at radius 1 is 0.812 bits per heavy atom. The van der Waals surface area contributed by atoms with Crippen LogP contribution in [0.15, 0.2) is 91.0 Å². The van der Waals surface area contributed by atoms with E-state index in [1.807, 2.05) is 66.7 Å². The number of amides is 1. The van der Waals surface area contributed by atoms with Crippen LogP contribution in [0.25, 0.3) is 21.9 Å². The maximum absolute atomic E-state index is 12.6. The van der Waals surface area contributed by atoms with Crippen molar-refractivity contribution in [1.29, 1.82) is 0 Å². The molecule has 1 atom stereocenters. The number of rotatable bonds is 5. The van der Waals surface area contributed by atoms with Crippen LogP contribution in [-0.2, 0) is 9.53 Å². The van der Waals surface area contributed by atoms with Gasteiger partial charge in [-0.25, -0.2) is 9.59 Å². The average molecular weight is 423 g/mol. The first-order valence-electron chi connectivity index (χ1n) is 10.4. The van der Waals surface area contributed by atoms with E-state index in [1.54, 1.807) is 12.1 Å². The molecular formula is C27H21NO4. The summed E-state index contributed by atoms with van der Waals surface area (Å²) in [6, 6.07) is 27.9. The summed E-state index contributed by atoms with van der Waals surface area (Å²) in [5.41, 5.74) is 4.97. The number of ether oxygens (including phenoxy) is 1. The summed E-state index contributed by atoms with van der Waals surface area (Å²) in [4.78, 5) is 24.5. The molecule has 0 radical (unpaired) electrons. The molecule has 0 saturated carbocycles. The largest absolute Gasteiger partial charge is 0.479 e. The van der Waals surface area contributed by atoms with Crippen molar-refractivity contribution in [2.24, 2.45) is 0 Å². The molecule has 5 nitrogen and oxygen atoms in total. The molecule has 5 heteroatoms. The molecule has 0 aromatic heterocycles. The van der Waals surface area contributed by atoms with E-state index in [4.69, 9.17) is 4.74 Å². The summed E-state index contributed by atoms with van der Waals surface area (Å²) in [6.45, 7) is 0.129. The van der Waals surface area contributed by atoms with Crippen LogP contribution in [0.2, 0.25) is 0 Å². The lowest BCUT2D eigenvalue weighted by Crippen LogP contribution is -2.34. The topological polar surface area (TPSA) is 75.6 Å². The molecule has 2 N–H and O–H groups in total. The number of carbonyl (C=O) groups is 2. The highest BCUT2D eigenvalue weighted by Crippen LogP contribution is 2.44. The van der Waals surface area contributed by atoms with E-state index in [9.17, 15) is 14.7 Å². The van der Waals surface area contributed by atoms with Gasteiger partial charge in [-0.3, -0.25) is 0 Å². The van der Waals surface area contributed by atoms with E-state index < -0.39 is 18.1 Å². The van der Waals surface area contributed by atoms with Gasteiger partial charge in [0.25, 0.3) is 0 Å². The van der Waals surface area contributed by atoms with E-state index >= 15 is 0 Å². The summed E-state index contributed by atoms with van der Waals surface area (Å²) in [5.74, 6) is -1.23. The number of benzene rings is 4. The SMILES string of the molecule is O=C(N[C@@H](C(=O)O)c1ccc2ccccc2c1)OCC1c2ccccc2-c2ccccc21. The Morgan fingerprint density at radius 3 is 2.06 bits per heavy atom.